The highest BCUT2D eigenvalue weighted by atomic mass is 14.7. The minimum atomic E-state index is 0.252. The molecule has 0 bridgehead atoms. The molecule has 0 saturated heterocycles. The molecule has 0 aromatic carbocycles. The molecule has 0 heterocycles. The Morgan fingerprint density at radius 3 is 1.64 bits per heavy atom. The van der Waals surface area contributed by atoms with Crippen molar-refractivity contribution in [2.45, 2.75) is 50.6 Å². The van der Waals surface area contributed by atoms with Gasteiger partial charge in [0.25, 0.3) is 0 Å². The van der Waals surface area contributed by atoms with Gasteiger partial charge in [0, 0.05) is 12.1 Å². The molecule has 2 unspecified atom stereocenters. The predicted molar refractivity (Wildman–Crippen MR) is 61.8 cm³/mol. The monoisotopic (exact) mass is 202 g/mol. The van der Waals surface area contributed by atoms with Crippen molar-refractivity contribution in [1.29, 1.82) is 0 Å². The third kappa shape index (κ3) is 8.44. The molecular weight excluding hydrogens is 176 g/mol. The van der Waals surface area contributed by atoms with E-state index in [4.69, 9.17) is 22.9 Å². The molecule has 4 nitrogen and oxygen atoms in total. The van der Waals surface area contributed by atoms with Crippen molar-refractivity contribution in [3.63, 3.8) is 0 Å². The molecule has 0 aromatic rings. The van der Waals surface area contributed by atoms with Crippen molar-refractivity contribution < 1.29 is 0 Å². The average Bonchev–Trinajstić information content (AvgIpc) is 2.15. The lowest BCUT2D eigenvalue weighted by Gasteiger charge is -2.13. The van der Waals surface area contributed by atoms with Crippen LogP contribution in [0.2, 0.25) is 0 Å². The maximum absolute atomic E-state index is 5.90. The quantitative estimate of drug-likeness (QED) is 0.419. The topological polar surface area (TPSA) is 104 Å². The Labute approximate surface area is 87.4 Å². The molecule has 86 valence electrons. The fourth-order valence-electron chi connectivity index (χ4n) is 1.53. The Bertz CT molecular complexity index is 119. The van der Waals surface area contributed by atoms with Gasteiger partial charge in [-0.1, -0.05) is 6.42 Å². The third-order valence-electron chi connectivity index (χ3n) is 2.47. The van der Waals surface area contributed by atoms with Crippen LogP contribution in [-0.4, -0.2) is 25.2 Å². The second-order valence-corrected chi connectivity index (χ2v) is 3.96. The first-order chi connectivity index (χ1) is 6.70. The molecule has 0 radical (unpaired) electrons. The van der Waals surface area contributed by atoms with Gasteiger partial charge in [0.15, 0.2) is 0 Å². The van der Waals surface area contributed by atoms with Crippen LogP contribution in [0.15, 0.2) is 0 Å². The van der Waals surface area contributed by atoms with Crippen LogP contribution < -0.4 is 22.9 Å². The fraction of sp³-hybridized carbons (Fsp3) is 1.00. The zero-order chi connectivity index (χ0) is 10.8. The first-order valence-electron chi connectivity index (χ1n) is 5.62. The van der Waals surface area contributed by atoms with Gasteiger partial charge in [-0.05, 0) is 45.2 Å². The summed E-state index contributed by atoms with van der Waals surface area (Å²) in [6.07, 6.45) is 6.16. The Balaban J connectivity index is 3.25. The van der Waals surface area contributed by atoms with Crippen molar-refractivity contribution in [2.75, 3.05) is 13.1 Å². The van der Waals surface area contributed by atoms with Gasteiger partial charge in [-0.2, -0.15) is 0 Å². The summed E-state index contributed by atoms with van der Waals surface area (Å²) in [6.45, 7) is 1.42. The van der Waals surface area contributed by atoms with Gasteiger partial charge in [-0.25, -0.2) is 0 Å². The summed E-state index contributed by atoms with van der Waals surface area (Å²) >= 11 is 0. The summed E-state index contributed by atoms with van der Waals surface area (Å²) in [5, 5.41) is 0. The average molecular weight is 202 g/mol. The van der Waals surface area contributed by atoms with Gasteiger partial charge in [0.05, 0.1) is 0 Å². The molecule has 4 heteroatoms. The molecule has 8 N–H and O–H groups in total. The van der Waals surface area contributed by atoms with Gasteiger partial charge >= 0.3 is 0 Å². The SMILES string of the molecule is NCCCC(N)CCCC(N)CCN. The minimum absolute atomic E-state index is 0.252. The zero-order valence-corrected chi connectivity index (χ0v) is 9.12. The zero-order valence-electron chi connectivity index (χ0n) is 9.12. The highest BCUT2D eigenvalue weighted by Crippen LogP contribution is 2.06. The van der Waals surface area contributed by atoms with Crippen LogP contribution in [-0.2, 0) is 0 Å². The van der Waals surface area contributed by atoms with Crippen molar-refractivity contribution >= 4 is 0 Å². The highest BCUT2D eigenvalue weighted by Gasteiger charge is 2.04. The van der Waals surface area contributed by atoms with Crippen LogP contribution in [0.5, 0.6) is 0 Å². The lowest BCUT2D eigenvalue weighted by Crippen LogP contribution is -2.25. The molecule has 14 heavy (non-hydrogen) atoms. The van der Waals surface area contributed by atoms with Crippen LogP contribution in [0.1, 0.15) is 38.5 Å². The minimum Gasteiger partial charge on any atom is -0.330 e. The van der Waals surface area contributed by atoms with Gasteiger partial charge in [0.1, 0.15) is 0 Å². The molecule has 0 spiro atoms. The van der Waals surface area contributed by atoms with Crippen molar-refractivity contribution in [1.82, 2.24) is 0 Å². The van der Waals surface area contributed by atoms with Crippen molar-refractivity contribution in [3.05, 3.63) is 0 Å². The van der Waals surface area contributed by atoms with Gasteiger partial charge in [-0.15, -0.1) is 0 Å². The van der Waals surface area contributed by atoms with Gasteiger partial charge in [0.2, 0.25) is 0 Å². The van der Waals surface area contributed by atoms with Crippen LogP contribution in [0.3, 0.4) is 0 Å². The molecule has 2 atom stereocenters. The van der Waals surface area contributed by atoms with E-state index >= 15 is 0 Å². The first-order valence-corrected chi connectivity index (χ1v) is 5.62. The highest BCUT2D eigenvalue weighted by molar-refractivity contribution is 4.66. The Hall–Kier alpha value is -0.160. The van der Waals surface area contributed by atoms with E-state index in [2.05, 4.69) is 0 Å². The molecule has 0 amide bonds. The molecular formula is C10H26N4. The predicted octanol–water partition coefficient (Wildman–Crippen LogP) is -0.101. The van der Waals surface area contributed by atoms with Crippen molar-refractivity contribution in [3.8, 4) is 0 Å². The van der Waals surface area contributed by atoms with Gasteiger partial charge < -0.3 is 22.9 Å². The van der Waals surface area contributed by atoms with E-state index < -0.39 is 0 Å². The number of nitrogens with two attached hydrogens (primary N) is 4. The number of rotatable bonds is 9. The summed E-state index contributed by atoms with van der Waals surface area (Å²) < 4.78 is 0. The van der Waals surface area contributed by atoms with Crippen LogP contribution >= 0.6 is 0 Å². The standard InChI is InChI=1S/C10H26N4/c11-7-2-5-9(13)3-1-4-10(14)6-8-12/h9-10H,1-8,11-14H2. The molecule has 0 aliphatic rings. The molecule has 0 fully saturated rings. The van der Waals surface area contributed by atoms with E-state index in [0.717, 1.165) is 45.1 Å². The second kappa shape index (κ2) is 9.40. The maximum Gasteiger partial charge on any atom is 0.00508 e. The normalized spacial score (nSPS) is 15.4. The molecule has 0 aliphatic carbocycles. The molecule has 0 aliphatic heterocycles. The van der Waals surface area contributed by atoms with E-state index in [9.17, 15) is 0 Å². The van der Waals surface area contributed by atoms with Crippen molar-refractivity contribution in [2.24, 2.45) is 22.9 Å². The summed E-state index contributed by atoms with van der Waals surface area (Å²) in [5.41, 5.74) is 22.5. The maximum atomic E-state index is 5.90. The Kier molecular flexibility index (Phi) is 9.29. The van der Waals surface area contributed by atoms with Gasteiger partial charge in [-0.3, -0.25) is 0 Å². The number of hydrogen-bond acceptors (Lipinski definition) is 4. The second-order valence-electron chi connectivity index (χ2n) is 3.96. The molecule has 0 saturated carbocycles. The summed E-state index contributed by atoms with van der Waals surface area (Å²) in [6, 6.07) is 0.547. The third-order valence-corrected chi connectivity index (χ3v) is 2.47. The van der Waals surface area contributed by atoms with E-state index in [1.807, 2.05) is 0 Å². The molecule has 0 rings (SSSR count). The van der Waals surface area contributed by atoms with Crippen LogP contribution in [0.4, 0.5) is 0 Å². The summed E-state index contributed by atoms with van der Waals surface area (Å²) in [4.78, 5) is 0. The Morgan fingerprint density at radius 2 is 1.14 bits per heavy atom. The van der Waals surface area contributed by atoms with E-state index in [1.165, 1.54) is 0 Å². The molecule has 0 aromatic heterocycles. The van der Waals surface area contributed by atoms with E-state index in [0.29, 0.717) is 12.6 Å². The van der Waals surface area contributed by atoms with Crippen LogP contribution in [0.25, 0.3) is 0 Å². The summed E-state index contributed by atoms with van der Waals surface area (Å²) in [7, 11) is 0. The first kappa shape index (κ1) is 13.8. The fourth-order valence-corrected chi connectivity index (χ4v) is 1.53. The smallest absolute Gasteiger partial charge is 0.00508 e. The summed E-state index contributed by atoms with van der Waals surface area (Å²) in [5.74, 6) is 0. The lowest BCUT2D eigenvalue weighted by molar-refractivity contribution is 0.480. The van der Waals surface area contributed by atoms with E-state index in [1.54, 1.807) is 0 Å². The van der Waals surface area contributed by atoms with Crippen LogP contribution in [0, 0.1) is 0 Å². The Morgan fingerprint density at radius 1 is 0.643 bits per heavy atom. The largest absolute Gasteiger partial charge is 0.330 e. The van der Waals surface area contributed by atoms with E-state index in [-0.39, 0.29) is 6.04 Å². The lowest BCUT2D eigenvalue weighted by atomic mass is 10.0. The number of hydrogen-bond donors (Lipinski definition) is 4.